The smallest absolute Gasteiger partial charge is 0.410 e. The SMILES string of the molecule is CC(C)(C)OC(=O)N1CCN(c2cccc3c2CC(=O)C3)CC1. The molecule has 0 aromatic heterocycles. The van der Waals surface area contributed by atoms with Gasteiger partial charge in [-0.3, -0.25) is 4.79 Å². The Hall–Kier alpha value is -2.04. The van der Waals surface area contributed by atoms with Crippen LogP contribution in [0.4, 0.5) is 10.5 Å². The molecule has 0 N–H and O–H groups in total. The summed E-state index contributed by atoms with van der Waals surface area (Å²) in [6.45, 7) is 8.47. The van der Waals surface area contributed by atoms with Crippen LogP contribution in [-0.4, -0.2) is 48.6 Å². The number of ether oxygens (including phenoxy) is 1. The van der Waals surface area contributed by atoms with Gasteiger partial charge in [0.25, 0.3) is 0 Å². The number of carbonyl (C=O) groups excluding carboxylic acids is 2. The normalized spacial score (nSPS) is 18.1. The number of piperazine rings is 1. The lowest BCUT2D eigenvalue weighted by Gasteiger charge is -2.37. The predicted molar refractivity (Wildman–Crippen MR) is 88.9 cm³/mol. The number of benzene rings is 1. The van der Waals surface area contributed by atoms with Gasteiger partial charge in [0.2, 0.25) is 0 Å². The standard InChI is InChI=1S/C18H24N2O3/c1-18(2,3)23-17(22)20-9-7-19(8-10-20)16-6-4-5-13-11-14(21)12-15(13)16/h4-6H,7-12H2,1-3H3. The zero-order valence-electron chi connectivity index (χ0n) is 14.1. The molecule has 5 heteroatoms. The first kappa shape index (κ1) is 15.8. The molecule has 1 fully saturated rings. The van der Waals surface area contributed by atoms with Gasteiger partial charge >= 0.3 is 6.09 Å². The summed E-state index contributed by atoms with van der Waals surface area (Å²) in [7, 11) is 0. The third-order valence-electron chi connectivity index (χ3n) is 4.28. The van der Waals surface area contributed by atoms with Gasteiger partial charge < -0.3 is 14.5 Å². The van der Waals surface area contributed by atoms with Crippen molar-refractivity contribution in [2.45, 2.75) is 39.2 Å². The third-order valence-corrected chi connectivity index (χ3v) is 4.28. The zero-order chi connectivity index (χ0) is 16.6. The van der Waals surface area contributed by atoms with Gasteiger partial charge in [0.05, 0.1) is 0 Å². The van der Waals surface area contributed by atoms with E-state index in [4.69, 9.17) is 4.74 Å². The van der Waals surface area contributed by atoms with E-state index in [1.165, 1.54) is 5.56 Å². The average molecular weight is 316 g/mol. The Labute approximate surface area is 137 Å². The fourth-order valence-electron chi connectivity index (χ4n) is 3.22. The van der Waals surface area contributed by atoms with Gasteiger partial charge in [-0.1, -0.05) is 12.1 Å². The number of hydrogen-bond acceptors (Lipinski definition) is 4. The quantitative estimate of drug-likeness (QED) is 0.798. The highest BCUT2D eigenvalue weighted by Gasteiger charge is 2.28. The topological polar surface area (TPSA) is 49.9 Å². The summed E-state index contributed by atoms with van der Waals surface area (Å²) in [5.74, 6) is 0.292. The molecule has 0 atom stereocenters. The molecule has 124 valence electrons. The number of rotatable bonds is 1. The second kappa shape index (κ2) is 5.87. The lowest BCUT2D eigenvalue weighted by Crippen LogP contribution is -2.50. The van der Waals surface area contributed by atoms with Gasteiger partial charge in [0.1, 0.15) is 11.4 Å². The molecule has 5 nitrogen and oxygen atoms in total. The molecule has 0 spiro atoms. The number of carbonyl (C=O) groups is 2. The van der Waals surface area contributed by atoms with Crippen molar-refractivity contribution in [1.29, 1.82) is 0 Å². The van der Waals surface area contributed by atoms with Crippen molar-refractivity contribution in [2.24, 2.45) is 0 Å². The molecule has 3 rings (SSSR count). The van der Waals surface area contributed by atoms with E-state index in [2.05, 4.69) is 11.0 Å². The van der Waals surface area contributed by atoms with Crippen LogP contribution in [0.25, 0.3) is 0 Å². The number of amides is 1. The summed E-state index contributed by atoms with van der Waals surface area (Å²) < 4.78 is 5.43. The molecular weight excluding hydrogens is 292 g/mol. The third kappa shape index (κ3) is 3.49. The van der Waals surface area contributed by atoms with Crippen LogP contribution in [0.3, 0.4) is 0 Å². The van der Waals surface area contributed by atoms with E-state index in [1.807, 2.05) is 32.9 Å². The summed E-state index contributed by atoms with van der Waals surface area (Å²) in [5.41, 5.74) is 3.01. The van der Waals surface area contributed by atoms with Crippen molar-refractivity contribution >= 4 is 17.6 Å². The minimum atomic E-state index is -0.463. The van der Waals surface area contributed by atoms with Crippen LogP contribution < -0.4 is 4.90 Å². The first-order valence-corrected chi connectivity index (χ1v) is 8.19. The maximum atomic E-state index is 12.1. The second-order valence-corrected chi connectivity index (χ2v) is 7.26. The van der Waals surface area contributed by atoms with E-state index in [0.29, 0.717) is 31.7 Å². The van der Waals surface area contributed by atoms with Gasteiger partial charge in [-0.2, -0.15) is 0 Å². The summed E-state index contributed by atoms with van der Waals surface area (Å²) in [4.78, 5) is 27.9. The minimum Gasteiger partial charge on any atom is -0.444 e. The Balaban J connectivity index is 1.65. The lowest BCUT2D eigenvalue weighted by molar-refractivity contribution is -0.117. The van der Waals surface area contributed by atoms with E-state index in [9.17, 15) is 9.59 Å². The fraction of sp³-hybridized carbons (Fsp3) is 0.556. The van der Waals surface area contributed by atoms with Crippen LogP contribution in [0.5, 0.6) is 0 Å². The Morgan fingerprint density at radius 3 is 2.43 bits per heavy atom. The van der Waals surface area contributed by atoms with Crippen molar-refractivity contribution < 1.29 is 14.3 Å². The van der Waals surface area contributed by atoms with Gasteiger partial charge in [-0.25, -0.2) is 4.79 Å². The lowest BCUT2D eigenvalue weighted by atomic mass is 10.1. The number of hydrogen-bond donors (Lipinski definition) is 0. The maximum Gasteiger partial charge on any atom is 0.410 e. The molecule has 1 aromatic carbocycles. The number of fused-ring (bicyclic) bond motifs is 1. The summed E-state index contributed by atoms with van der Waals surface area (Å²) in [5, 5.41) is 0. The monoisotopic (exact) mass is 316 g/mol. The molecule has 0 radical (unpaired) electrons. The molecule has 0 saturated carbocycles. The first-order chi connectivity index (χ1) is 10.8. The Kier molecular flexibility index (Phi) is 4.04. The highest BCUT2D eigenvalue weighted by molar-refractivity contribution is 5.90. The molecule has 1 aliphatic heterocycles. The van der Waals surface area contributed by atoms with E-state index in [0.717, 1.165) is 24.3 Å². The highest BCUT2D eigenvalue weighted by atomic mass is 16.6. The van der Waals surface area contributed by atoms with E-state index >= 15 is 0 Å². The predicted octanol–water partition coefficient (Wildman–Crippen LogP) is 2.41. The minimum absolute atomic E-state index is 0.245. The van der Waals surface area contributed by atoms with Crippen LogP contribution in [0, 0.1) is 0 Å². The average Bonchev–Trinajstić information content (AvgIpc) is 2.85. The van der Waals surface area contributed by atoms with E-state index < -0.39 is 5.60 Å². The molecule has 1 heterocycles. The molecular formula is C18H24N2O3. The highest BCUT2D eigenvalue weighted by Crippen LogP contribution is 2.30. The molecule has 1 aliphatic carbocycles. The maximum absolute atomic E-state index is 12.1. The van der Waals surface area contributed by atoms with Crippen molar-refractivity contribution in [3.05, 3.63) is 29.3 Å². The van der Waals surface area contributed by atoms with E-state index in [1.54, 1.807) is 4.90 Å². The van der Waals surface area contributed by atoms with Crippen LogP contribution >= 0.6 is 0 Å². The number of nitrogens with zero attached hydrogens (tertiary/aromatic N) is 2. The molecule has 1 aromatic rings. The van der Waals surface area contributed by atoms with Crippen LogP contribution in [-0.2, 0) is 22.4 Å². The van der Waals surface area contributed by atoms with Crippen LogP contribution in [0.15, 0.2) is 18.2 Å². The van der Waals surface area contributed by atoms with Crippen molar-refractivity contribution in [3.8, 4) is 0 Å². The summed E-state index contributed by atoms with van der Waals surface area (Å²) in [6, 6.07) is 6.15. The zero-order valence-corrected chi connectivity index (χ0v) is 14.1. The molecule has 2 aliphatic rings. The van der Waals surface area contributed by atoms with Gasteiger partial charge in [-0.05, 0) is 38.0 Å². The molecule has 23 heavy (non-hydrogen) atoms. The summed E-state index contributed by atoms with van der Waals surface area (Å²) >= 11 is 0. The molecule has 1 saturated heterocycles. The molecule has 0 bridgehead atoms. The van der Waals surface area contributed by atoms with Gasteiger partial charge in [0, 0.05) is 44.7 Å². The first-order valence-electron chi connectivity index (χ1n) is 8.19. The van der Waals surface area contributed by atoms with Crippen LogP contribution in [0.1, 0.15) is 31.9 Å². The van der Waals surface area contributed by atoms with Gasteiger partial charge in [0.15, 0.2) is 0 Å². The van der Waals surface area contributed by atoms with Gasteiger partial charge in [-0.15, -0.1) is 0 Å². The van der Waals surface area contributed by atoms with Crippen molar-refractivity contribution in [3.63, 3.8) is 0 Å². The Morgan fingerprint density at radius 2 is 1.78 bits per heavy atom. The van der Waals surface area contributed by atoms with Crippen LogP contribution in [0.2, 0.25) is 0 Å². The molecule has 1 amide bonds. The number of anilines is 1. The Morgan fingerprint density at radius 1 is 1.09 bits per heavy atom. The largest absolute Gasteiger partial charge is 0.444 e. The van der Waals surface area contributed by atoms with Crippen molar-refractivity contribution in [1.82, 2.24) is 4.90 Å². The second-order valence-electron chi connectivity index (χ2n) is 7.26. The number of Topliss-reactive ketones (excluding diaryl/α,β-unsaturated/α-hetero) is 1. The fourth-order valence-corrected chi connectivity index (χ4v) is 3.22. The van der Waals surface area contributed by atoms with Crippen molar-refractivity contribution in [2.75, 3.05) is 31.1 Å². The van der Waals surface area contributed by atoms with E-state index in [-0.39, 0.29) is 6.09 Å². The number of ketones is 1. The Bertz CT molecular complexity index is 626. The summed E-state index contributed by atoms with van der Waals surface area (Å²) in [6.07, 6.45) is 0.851. The molecule has 0 unspecified atom stereocenters.